The molecule has 5 nitrogen and oxygen atoms in total. The summed E-state index contributed by atoms with van der Waals surface area (Å²) < 4.78 is 6.14. The van der Waals surface area contributed by atoms with Gasteiger partial charge in [0.2, 0.25) is 5.89 Å². The lowest BCUT2D eigenvalue weighted by atomic mass is 10.1. The Labute approximate surface area is 126 Å². The minimum Gasteiger partial charge on any atom is -0.387 e. The van der Waals surface area contributed by atoms with Gasteiger partial charge in [-0.15, -0.1) is 0 Å². The van der Waals surface area contributed by atoms with E-state index in [1.165, 1.54) is 0 Å². The summed E-state index contributed by atoms with van der Waals surface area (Å²) in [6, 6.07) is 7.66. The molecule has 0 saturated carbocycles. The van der Waals surface area contributed by atoms with Crippen molar-refractivity contribution in [2.45, 2.75) is 26.0 Å². The Bertz CT molecular complexity index is 542. The zero-order valence-corrected chi connectivity index (χ0v) is 13.2. The molecule has 0 spiro atoms. The van der Waals surface area contributed by atoms with E-state index in [2.05, 4.69) is 26.1 Å². The summed E-state index contributed by atoms with van der Waals surface area (Å²) >= 11 is 3.38. The summed E-state index contributed by atoms with van der Waals surface area (Å²) in [5.74, 6) is 1.29. The fraction of sp³-hybridized carbons (Fsp3) is 0.429. The molecule has 1 atom stereocenters. The van der Waals surface area contributed by atoms with Gasteiger partial charge in [-0.25, -0.2) is 0 Å². The first kappa shape index (κ1) is 15.2. The van der Waals surface area contributed by atoms with Crippen molar-refractivity contribution in [2.24, 2.45) is 0 Å². The fourth-order valence-corrected chi connectivity index (χ4v) is 2.14. The van der Waals surface area contributed by atoms with Gasteiger partial charge in [0.25, 0.3) is 0 Å². The van der Waals surface area contributed by atoms with E-state index in [1.807, 2.05) is 43.1 Å². The molecule has 1 aromatic carbocycles. The Morgan fingerprint density at radius 2 is 2.05 bits per heavy atom. The van der Waals surface area contributed by atoms with Crippen molar-refractivity contribution in [3.8, 4) is 0 Å². The molecule has 0 fully saturated rings. The predicted octanol–water partition coefficient (Wildman–Crippen LogP) is 2.56. The highest BCUT2D eigenvalue weighted by Crippen LogP contribution is 2.18. The average Bonchev–Trinajstić information content (AvgIpc) is 2.86. The number of rotatable bonds is 6. The molecular formula is C14H18BrN3O2. The Kier molecular flexibility index (Phi) is 5.28. The molecule has 6 heteroatoms. The Hall–Kier alpha value is -1.24. The monoisotopic (exact) mass is 339 g/mol. The van der Waals surface area contributed by atoms with Gasteiger partial charge in [0.15, 0.2) is 5.82 Å². The molecule has 0 aliphatic heterocycles. The van der Waals surface area contributed by atoms with Gasteiger partial charge in [-0.05, 0) is 24.7 Å². The Morgan fingerprint density at radius 1 is 1.35 bits per heavy atom. The van der Waals surface area contributed by atoms with Crippen molar-refractivity contribution in [3.05, 3.63) is 46.0 Å². The van der Waals surface area contributed by atoms with E-state index in [-0.39, 0.29) is 0 Å². The smallest absolute Gasteiger partial charge is 0.240 e. The van der Waals surface area contributed by atoms with Crippen molar-refractivity contribution in [3.63, 3.8) is 0 Å². The third-order valence-electron chi connectivity index (χ3n) is 2.97. The Balaban J connectivity index is 1.90. The van der Waals surface area contributed by atoms with Crippen LogP contribution in [-0.4, -0.2) is 33.7 Å². The van der Waals surface area contributed by atoms with E-state index < -0.39 is 6.10 Å². The lowest BCUT2D eigenvalue weighted by molar-refractivity contribution is 0.118. The van der Waals surface area contributed by atoms with Gasteiger partial charge < -0.3 is 9.63 Å². The number of aliphatic hydroxyl groups excluding tert-OH is 1. The van der Waals surface area contributed by atoms with Crippen LogP contribution in [0.5, 0.6) is 0 Å². The highest BCUT2D eigenvalue weighted by atomic mass is 79.9. The minimum absolute atomic E-state index is 0.505. The predicted molar refractivity (Wildman–Crippen MR) is 79.1 cm³/mol. The second kappa shape index (κ2) is 6.97. The summed E-state index contributed by atoms with van der Waals surface area (Å²) in [6.45, 7) is 3.02. The maximum Gasteiger partial charge on any atom is 0.240 e. The number of likely N-dealkylation sites (N-methyl/N-ethyl adjacent to an activating group) is 1. The van der Waals surface area contributed by atoms with Crippen LogP contribution in [0.2, 0.25) is 0 Å². The number of benzene rings is 1. The van der Waals surface area contributed by atoms with Crippen molar-refractivity contribution in [2.75, 3.05) is 13.6 Å². The maximum atomic E-state index is 10.2. The second-order valence-corrected chi connectivity index (χ2v) is 5.64. The SMILES string of the molecule is CCc1noc(CN(C)CC(O)c2ccc(Br)cc2)n1. The summed E-state index contributed by atoms with van der Waals surface area (Å²) in [5.41, 5.74) is 0.889. The normalized spacial score (nSPS) is 12.8. The zero-order valence-electron chi connectivity index (χ0n) is 11.6. The van der Waals surface area contributed by atoms with Gasteiger partial charge in [0.05, 0.1) is 12.6 Å². The minimum atomic E-state index is -0.540. The molecule has 2 aromatic rings. The standard InChI is InChI=1S/C14H18BrN3O2/c1-3-13-16-14(20-17-13)9-18(2)8-12(19)10-4-6-11(15)7-5-10/h4-7,12,19H,3,8-9H2,1-2H3. The number of halogens is 1. The fourth-order valence-electron chi connectivity index (χ4n) is 1.88. The van der Waals surface area contributed by atoms with Crippen molar-refractivity contribution in [1.29, 1.82) is 0 Å². The third kappa shape index (κ3) is 4.13. The van der Waals surface area contributed by atoms with E-state index in [0.29, 0.717) is 24.8 Å². The van der Waals surface area contributed by atoms with Gasteiger partial charge in [0.1, 0.15) is 0 Å². The molecule has 0 aliphatic carbocycles. The van der Waals surface area contributed by atoms with E-state index in [4.69, 9.17) is 4.52 Å². The first-order valence-corrected chi connectivity index (χ1v) is 7.31. The number of aryl methyl sites for hydroxylation is 1. The van der Waals surface area contributed by atoms with Gasteiger partial charge in [0, 0.05) is 17.4 Å². The number of hydrogen-bond acceptors (Lipinski definition) is 5. The van der Waals surface area contributed by atoms with Crippen molar-refractivity contribution in [1.82, 2.24) is 15.0 Å². The molecule has 1 aromatic heterocycles. The number of nitrogens with zero attached hydrogens (tertiary/aromatic N) is 3. The van der Waals surface area contributed by atoms with Crippen LogP contribution in [0.15, 0.2) is 33.3 Å². The highest BCUT2D eigenvalue weighted by molar-refractivity contribution is 9.10. The van der Waals surface area contributed by atoms with Crippen LogP contribution < -0.4 is 0 Å². The maximum absolute atomic E-state index is 10.2. The molecule has 1 N–H and O–H groups in total. The van der Waals surface area contributed by atoms with Crippen LogP contribution >= 0.6 is 15.9 Å². The Morgan fingerprint density at radius 3 is 2.65 bits per heavy atom. The van der Waals surface area contributed by atoms with Crippen LogP contribution in [0.3, 0.4) is 0 Å². The summed E-state index contributed by atoms with van der Waals surface area (Å²) in [7, 11) is 1.91. The lowest BCUT2D eigenvalue weighted by Gasteiger charge is -2.19. The molecule has 0 aliphatic rings. The molecule has 20 heavy (non-hydrogen) atoms. The van der Waals surface area contributed by atoms with Crippen molar-refractivity contribution >= 4 is 15.9 Å². The molecule has 0 bridgehead atoms. The third-order valence-corrected chi connectivity index (χ3v) is 3.50. The van der Waals surface area contributed by atoms with E-state index in [1.54, 1.807) is 0 Å². The highest BCUT2D eigenvalue weighted by Gasteiger charge is 2.13. The van der Waals surface area contributed by atoms with Gasteiger partial charge in [-0.3, -0.25) is 4.90 Å². The van der Waals surface area contributed by atoms with E-state index in [0.717, 1.165) is 16.5 Å². The van der Waals surface area contributed by atoms with Crippen LogP contribution in [0, 0.1) is 0 Å². The lowest BCUT2D eigenvalue weighted by Crippen LogP contribution is -2.24. The summed E-state index contributed by atoms with van der Waals surface area (Å²) in [5, 5.41) is 14.0. The topological polar surface area (TPSA) is 62.4 Å². The van der Waals surface area contributed by atoms with Crippen LogP contribution in [0.1, 0.15) is 30.3 Å². The van der Waals surface area contributed by atoms with E-state index >= 15 is 0 Å². The number of aliphatic hydroxyl groups is 1. The first-order chi connectivity index (χ1) is 9.58. The molecule has 108 valence electrons. The summed E-state index contributed by atoms with van der Waals surface area (Å²) in [6.07, 6.45) is 0.219. The molecule has 0 radical (unpaired) electrons. The first-order valence-electron chi connectivity index (χ1n) is 6.52. The van der Waals surface area contributed by atoms with Gasteiger partial charge in [-0.2, -0.15) is 4.98 Å². The zero-order chi connectivity index (χ0) is 14.5. The average molecular weight is 340 g/mol. The second-order valence-electron chi connectivity index (χ2n) is 4.72. The number of aromatic nitrogens is 2. The van der Waals surface area contributed by atoms with E-state index in [9.17, 15) is 5.11 Å². The molecule has 0 amide bonds. The van der Waals surface area contributed by atoms with Gasteiger partial charge in [-0.1, -0.05) is 40.1 Å². The molecule has 1 unspecified atom stereocenters. The largest absolute Gasteiger partial charge is 0.387 e. The van der Waals surface area contributed by atoms with Crippen LogP contribution in [0.25, 0.3) is 0 Å². The van der Waals surface area contributed by atoms with Crippen LogP contribution in [-0.2, 0) is 13.0 Å². The molecular weight excluding hydrogens is 322 g/mol. The summed E-state index contributed by atoms with van der Waals surface area (Å²) in [4.78, 5) is 6.21. The molecule has 1 heterocycles. The quantitative estimate of drug-likeness (QED) is 0.876. The number of hydrogen-bond donors (Lipinski definition) is 1. The molecule has 0 saturated heterocycles. The molecule has 2 rings (SSSR count). The van der Waals surface area contributed by atoms with Crippen LogP contribution in [0.4, 0.5) is 0 Å². The van der Waals surface area contributed by atoms with Crippen molar-refractivity contribution < 1.29 is 9.63 Å². The van der Waals surface area contributed by atoms with Gasteiger partial charge >= 0.3 is 0 Å².